The standard InChI is InChI=1S/C42H24N2/c1-2-9-32-25(6-1)20-23-37-41(32)40-34-10-3-4-11-36(34)44-42(35(40)24-43-37)30-16-12-26(13-17-30)31-21-18-29-15-14-27-7-5-8-28-19-22-33(31)39(29)38(27)28/h1-24H. The molecule has 0 radical (unpaired) electrons. The number of benzene rings is 8. The van der Waals surface area contributed by atoms with Crippen molar-refractivity contribution in [3.63, 3.8) is 0 Å². The Labute approximate surface area is 253 Å². The van der Waals surface area contributed by atoms with Crippen molar-refractivity contribution in [2.45, 2.75) is 0 Å². The fraction of sp³-hybridized carbons (Fsp3) is 0. The van der Waals surface area contributed by atoms with Crippen LogP contribution < -0.4 is 0 Å². The summed E-state index contributed by atoms with van der Waals surface area (Å²) in [6.07, 6.45) is 2.01. The fourth-order valence-electron chi connectivity index (χ4n) is 7.40. The zero-order chi connectivity index (χ0) is 28.8. The maximum atomic E-state index is 5.23. The van der Waals surface area contributed by atoms with Crippen molar-refractivity contribution >= 4 is 75.7 Å². The van der Waals surface area contributed by atoms with Crippen LogP contribution in [-0.2, 0) is 0 Å². The first-order valence-electron chi connectivity index (χ1n) is 15.1. The lowest BCUT2D eigenvalue weighted by Crippen LogP contribution is -1.93. The molecule has 10 aromatic rings. The molecule has 0 saturated heterocycles. The molecule has 0 atom stereocenters. The molecule has 0 spiro atoms. The van der Waals surface area contributed by atoms with Crippen molar-refractivity contribution in [3.05, 3.63) is 146 Å². The van der Waals surface area contributed by atoms with Gasteiger partial charge in [-0.25, -0.2) is 4.98 Å². The van der Waals surface area contributed by atoms with Gasteiger partial charge in [0, 0.05) is 33.3 Å². The smallest absolute Gasteiger partial charge is 0.0803 e. The Hall–Kier alpha value is -5.86. The Morgan fingerprint density at radius 1 is 0.341 bits per heavy atom. The lowest BCUT2D eigenvalue weighted by atomic mass is 9.89. The number of rotatable bonds is 2. The van der Waals surface area contributed by atoms with Gasteiger partial charge in [0.05, 0.1) is 16.7 Å². The highest BCUT2D eigenvalue weighted by atomic mass is 14.7. The van der Waals surface area contributed by atoms with Crippen molar-refractivity contribution in [1.29, 1.82) is 0 Å². The van der Waals surface area contributed by atoms with Gasteiger partial charge in [0.25, 0.3) is 0 Å². The Kier molecular flexibility index (Phi) is 4.75. The zero-order valence-electron chi connectivity index (χ0n) is 23.8. The molecule has 202 valence electrons. The molecule has 0 aliphatic heterocycles. The van der Waals surface area contributed by atoms with Crippen molar-refractivity contribution in [1.82, 2.24) is 9.97 Å². The summed E-state index contributed by atoms with van der Waals surface area (Å²) >= 11 is 0. The molecule has 8 aromatic carbocycles. The summed E-state index contributed by atoms with van der Waals surface area (Å²) in [5, 5.41) is 14.9. The van der Waals surface area contributed by atoms with Crippen LogP contribution in [0, 0.1) is 0 Å². The van der Waals surface area contributed by atoms with Crippen molar-refractivity contribution in [3.8, 4) is 22.4 Å². The topological polar surface area (TPSA) is 25.8 Å². The van der Waals surface area contributed by atoms with Crippen molar-refractivity contribution in [2.24, 2.45) is 0 Å². The predicted octanol–water partition coefficient (Wildman–Crippen LogP) is 11.3. The van der Waals surface area contributed by atoms with E-state index in [-0.39, 0.29) is 0 Å². The molecule has 2 heteroatoms. The molecular weight excluding hydrogens is 532 g/mol. The molecule has 0 amide bonds. The Balaban J connectivity index is 1.21. The largest absolute Gasteiger partial charge is 0.255 e. The third kappa shape index (κ3) is 3.25. The molecule has 0 saturated carbocycles. The van der Waals surface area contributed by atoms with Gasteiger partial charge in [-0.05, 0) is 66.3 Å². The molecule has 2 aromatic heterocycles. The number of pyridine rings is 2. The van der Waals surface area contributed by atoms with Crippen LogP contribution in [0.3, 0.4) is 0 Å². The lowest BCUT2D eigenvalue weighted by Gasteiger charge is -2.15. The van der Waals surface area contributed by atoms with E-state index in [1.165, 1.54) is 65.0 Å². The fourth-order valence-corrected chi connectivity index (χ4v) is 7.40. The van der Waals surface area contributed by atoms with Gasteiger partial charge in [-0.2, -0.15) is 0 Å². The van der Waals surface area contributed by atoms with Crippen LogP contribution in [0.2, 0.25) is 0 Å². The SMILES string of the molecule is c1ccc2c(c1)ccc1ncc3c(-c4ccc(-c5ccc6ccc7cccc8ccc5c6c78)cc4)nc4ccccc4c3c12. The second-order valence-corrected chi connectivity index (χ2v) is 11.8. The van der Waals surface area contributed by atoms with Crippen LogP contribution in [0.1, 0.15) is 0 Å². The molecule has 0 bridgehead atoms. The lowest BCUT2D eigenvalue weighted by molar-refractivity contribution is 1.40. The highest BCUT2D eigenvalue weighted by Crippen LogP contribution is 2.41. The third-order valence-corrected chi connectivity index (χ3v) is 9.42. The molecular formula is C42H24N2. The Morgan fingerprint density at radius 2 is 1.00 bits per heavy atom. The van der Waals surface area contributed by atoms with Crippen molar-refractivity contribution < 1.29 is 0 Å². The summed E-state index contributed by atoms with van der Waals surface area (Å²) in [6, 6.07) is 50.4. The Morgan fingerprint density at radius 3 is 1.86 bits per heavy atom. The van der Waals surface area contributed by atoms with E-state index in [9.17, 15) is 0 Å². The number of hydrogen-bond donors (Lipinski definition) is 0. The van der Waals surface area contributed by atoms with Crippen LogP contribution in [0.15, 0.2) is 146 Å². The van der Waals surface area contributed by atoms with Gasteiger partial charge in [0.15, 0.2) is 0 Å². The van der Waals surface area contributed by atoms with E-state index < -0.39 is 0 Å². The minimum atomic E-state index is 0.961. The van der Waals surface area contributed by atoms with E-state index in [2.05, 4.69) is 140 Å². The molecule has 0 aliphatic carbocycles. The van der Waals surface area contributed by atoms with E-state index in [0.29, 0.717) is 0 Å². The number of hydrogen-bond acceptors (Lipinski definition) is 2. The highest BCUT2D eigenvalue weighted by molar-refractivity contribution is 6.28. The van der Waals surface area contributed by atoms with Gasteiger partial charge in [-0.15, -0.1) is 0 Å². The number of para-hydroxylation sites is 1. The van der Waals surface area contributed by atoms with E-state index >= 15 is 0 Å². The quantitative estimate of drug-likeness (QED) is 0.198. The number of fused-ring (bicyclic) bond motifs is 7. The molecule has 0 fully saturated rings. The minimum Gasteiger partial charge on any atom is -0.255 e. The van der Waals surface area contributed by atoms with Gasteiger partial charge < -0.3 is 0 Å². The second kappa shape index (κ2) is 8.82. The second-order valence-electron chi connectivity index (χ2n) is 11.8. The summed E-state index contributed by atoms with van der Waals surface area (Å²) < 4.78 is 0. The van der Waals surface area contributed by atoms with E-state index in [4.69, 9.17) is 9.97 Å². The molecule has 44 heavy (non-hydrogen) atoms. The van der Waals surface area contributed by atoms with E-state index in [0.717, 1.165) is 33.1 Å². The van der Waals surface area contributed by atoms with Crippen LogP contribution >= 0.6 is 0 Å². The minimum absolute atomic E-state index is 0.961. The summed E-state index contributed by atoms with van der Waals surface area (Å²) in [4.78, 5) is 10.2. The Bertz CT molecular complexity index is 2740. The third-order valence-electron chi connectivity index (χ3n) is 9.42. The van der Waals surface area contributed by atoms with Gasteiger partial charge in [0.2, 0.25) is 0 Å². The first kappa shape index (κ1) is 23.7. The molecule has 0 unspecified atom stereocenters. The molecule has 10 rings (SSSR count). The van der Waals surface area contributed by atoms with Gasteiger partial charge in [-0.1, -0.05) is 127 Å². The normalized spacial score (nSPS) is 12.1. The van der Waals surface area contributed by atoms with E-state index in [1.54, 1.807) is 0 Å². The number of nitrogens with zero attached hydrogens (tertiary/aromatic N) is 2. The maximum Gasteiger partial charge on any atom is 0.0803 e. The zero-order valence-corrected chi connectivity index (χ0v) is 23.8. The molecule has 0 aliphatic rings. The molecule has 0 N–H and O–H groups in total. The van der Waals surface area contributed by atoms with Gasteiger partial charge >= 0.3 is 0 Å². The van der Waals surface area contributed by atoms with Crippen LogP contribution in [0.4, 0.5) is 0 Å². The first-order chi connectivity index (χ1) is 21.8. The summed E-state index contributed by atoms with van der Waals surface area (Å²) in [5.74, 6) is 0. The average Bonchev–Trinajstić information content (AvgIpc) is 3.10. The summed E-state index contributed by atoms with van der Waals surface area (Å²) in [5.41, 5.74) is 6.49. The van der Waals surface area contributed by atoms with Crippen LogP contribution in [-0.4, -0.2) is 9.97 Å². The van der Waals surface area contributed by atoms with Gasteiger partial charge in [0.1, 0.15) is 0 Å². The summed E-state index contributed by atoms with van der Waals surface area (Å²) in [6.45, 7) is 0. The van der Waals surface area contributed by atoms with Crippen LogP contribution in [0.25, 0.3) is 98.1 Å². The summed E-state index contributed by atoms with van der Waals surface area (Å²) in [7, 11) is 0. The first-order valence-corrected chi connectivity index (χ1v) is 15.1. The number of aromatic nitrogens is 2. The average molecular weight is 557 g/mol. The van der Waals surface area contributed by atoms with Gasteiger partial charge in [-0.3, -0.25) is 4.98 Å². The highest BCUT2D eigenvalue weighted by Gasteiger charge is 2.17. The molecule has 2 nitrogen and oxygen atoms in total. The molecule has 2 heterocycles. The van der Waals surface area contributed by atoms with E-state index in [1.807, 2.05) is 6.20 Å². The monoisotopic (exact) mass is 556 g/mol. The van der Waals surface area contributed by atoms with Crippen molar-refractivity contribution in [2.75, 3.05) is 0 Å². The maximum absolute atomic E-state index is 5.23. The predicted molar refractivity (Wildman–Crippen MR) is 187 cm³/mol. The van der Waals surface area contributed by atoms with Crippen LogP contribution in [0.5, 0.6) is 0 Å².